The van der Waals surface area contributed by atoms with E-state index >= 15 is 0 Å². The lowest BCUT2D eigenvalue weighted by Crippen LogP contribution is -2.49. The summed E-state index contributed by atoms with van der Waals surface area (Å²) in [6.45, 7) is 4.64. The van der Waals surface area contributed by atoms with E-state index in [2.05, 4.69) is 36.2 Å². The van der Waals surface area contributed by atoms with Gasteiger partial charge < -0.3 is 10.2 Å². The number of amides is 1. The van der Waals surface area contributed by atoms with Crippen molar-refractivity contribution in [3.63, 3.8) is 0 Å². The zero-order valence-corrected chi connectivity index (χ0v) is 14.4. The minimum Gasteiger partial charge on any atom is -0.369 e. The third kappa shape index (κ3) is 5.00. The van der Waals surface area contributed by atoms with Crippen LogP contribution in [-0.4, -0.2) is 60.7 Å². The first-order valence-electron chi connectivity index (χ1n) is 8.72. The molecule has 1 aromatic rings. The second-order valence-corrected chi connectivity index (χ2v) is 6.46. The predicted molar refractivity (Wildman–Crippen MR) is 96.2 cm³/mol. The molecule has 2 aliphatic heterocycles. The summed E-state index contributed by atoms with van der Waals surface area (Å²) in [6, 6.07) is 4.04. The molecule has 0 aliphatic carbocycles. The number of carbonyl (C=O) groups is 1. The second-order valence-electron chi connectivity index (χ2n) is 6.46. The molecule has 1 amide bonds. The Morgan fingerprint density at radius 2 is 1.92 bits per heavy atom. The van der Waals surface area contributed by atoms with Crippen LogP contribution in [0.2, 0.25) is 0 Å². The van der Waals surface area contributed by atoms with Crippen LogP contribution in [0.4, 0.5) is 5.69 Å². The topological polar surface area (TPSA) is 73.2 Å². The molecule has 0 aromatic carbocycles. The summed E-state index contributed by atoms with van der Waals surface area (Å²) in [5, 5.41) is 11.1. The molecule has 3 heterocycles. The molecule has 0 atom stereocenters. The quantitative estimate of drug-likeness (QED) is 0.724. The minimum atomic E-state index is -0.324. The normalized spacial score (nSPS) is 18.6. The van der Waals surface area contributed by atoms with Gasteiger partial charge in [0, 0.05) is 70.1 Å². The van der Waals surface area contributed by atoms with Crippen molar-refractivity contribution in [2.75, 3.05) is 44.2 Å². The average molecular weight is 340 g/mol. The Bertz CT molecular complexity index is 639. The number of anilines is 1. The number of piperazine rings is 1. The fourth-order valence-electron chi connectivity index (χ4n) is 3.05. The van der Waals surface area contributed by atoms with E-state index in [0.717, 1.165) is 39.0 Å². The van der Waals surface area contributed by atoms with Gasteiger partial charge in [-0.25, -0.2) is 0 Å². The number of terminal acetylenes is 1. The van der Waals surface area contributed by atoms with E-state index < -0.39 is 0 Å². The van der Waals surface area contributed by atoms with E-state index in [0.29, 0.717) is 19.5 Å². The summed E-state index contributed by atoms with van der Waals surface area (Å²) in [7, 11) is 0. The molecule has 2 aliphatic rings. The summed E-state index contributed by atoms with van der Waals surface area (Å²) >= 11 is 0. The lowest BCUT2D eigenvalue weighted by molar-refractivity contribution is -0.122. The van der Waals surface area contributed by atoms with Gasteiger partial charge in [0.15, 0.2) is 5.66 Å². The van der Waals surface area contributed by atoms with Gasteiger partial charge in [-0.3, -0.25) is 14.7 Å². The summed E-state index contributed by atoms with van der Waals surface area (Å²) in [4.78, 5) is 20.7. The third-order valence-corrected chi connectivity index (χ3v) is 4.67. The molecule has 0 unspecified atom stereocenters. The Morgan fingerprint density at radius 3 is 2.56 bits per heavy atom. The van der Waals surface area contributed by atoms with Crippen molar-refractivity contribution in [3.8, 4) is 12.3 Å². The molecule has 1 aromatic heterocycles. The van der Waals surface area contributed by atoms with Gasteiger partial charge in [-0.15, -0.1) is 12.3 Å². The minimum absolute atomic E-state index is 0.0603. The number of carbonyl (C=O) groups excluding carboxylic acids is 1. The van der Waals surface area contributed by atoms with Crippen molar-refractivity contribution < 1.29 is 4.79 Å². The van der Waals surface area contributed by atoms with E-state index in [-0.39, 0.29) is 11.6 Å². The Balaban J connectivity index is 1.32. The van der Waals surface area contributed by atoms with E-state index in [4.69, 9.17) is 6.42 Å². The molecule has 0 bridgehead atoms. The smallest absolute Gasteiger partial charge is 0.234 e. The molecule has 1 fully saturated rings. The van der Waals surface area contributed by atoms with E-state index in [9.17, 15) is 4.79 Å². The van der Waals surface area contributed by atoms with Gasteiger partial charge in [-0.05, 0) is 12.1 Å². The maximum absolute atomic E-state index is 12.1. The number of aromatic nitrogens is 1. The first-order chi connectivity index (χ1) is 12.2. The lowest BCUT2D eigenvalue weighted by atomic mass is 10.0. The molecule has 7 nitrogen and oxygen atoms in total. The Morgan fingerprint density at radius 1 is 1.20 bits per heavy atom. The van der Waals surface area contributed by atoms with E-state index in [1.807, 2.05) is 24.5 Å². The van der Waals surface area contributed by atoms with Gasteiger partial charge in [0.05, 0.1) is 6.54 Å². The van der Waals surface area contributed by atoms with E-state index in [1.165, 1.54) is 5.69 Å². The molecule has 1 N–H and O–H groups in total. The maximum atomic E-state index is 12.1. The Kier molecular flexibility index (Phi) is 5.61. The molecule has 132 valence electrons. The van der Waals surface area contributed by atoms with Gasteiger partial charge >= 0.3 is 0 Å². The molecule has 0 spiro atoms. The van der Waals surface area contributed by atoms with Gasteiger partial charge in [-0.2, -0.15) is 10.2 Å². The highest BCUT2D eigenvalue weighted by Crippen LogP contribution is 2.35. The number of nitrogens with zero attached hydrogens (tertiary/aromatic N) is 5. The summed E-state index contributed by atoms with van der Waals surface area (Å²) in [5.74, 6) is 2.67. The molecular weight excluding hydrogens is 316 g/mol. The van der Waals surface area contributed by atoms with Gasteiger partial charge in [-0.1, -0.05) is 0 Å². The molecule has 7 heteroatoms. The number of pyridine rings is 1. The molecule has 0 saturated carbocycles. The predicted octanol–water partition coefficient (Wildman–Crippen LogP) is 1.29. The third-order valence-electron chi connectivity index (χ3n) is 4.67. The van der Waals surface area contributed by atoms with Crippen LogP contribution in [0.25, 0.3) is 0 Å². The summed E-state index contributed by atoms with van der Waals surface area (Å²) < 4.78 is 0. The van der Waals surface area contributed by atoms with Crippen LogP contribution in [0, 0.1) is 12.3 Å². The van der Waals surface area contributed by atoms with Crippen LogP contribution >= 0.6 is 0 Å². The van der Waals surface area contributed by atoms with Crippen LogP contribution in [0.5, 0.6) is 0 Å². The molecule has 3 rings (SSSR count). The first-order valence-corrected chi connectivity index (χ1v) is 8.72. The fraction of sp³-hybridized carbons (Fsp3) is 0.556. The largest absolute Gasteiger partial charge is 0.369 e. The number of hydrogen-bond donors (Lipinski definition) is 1. The van der Waals surface area contributed by atoms with Crippen LogP contribution in [-0.2, 0) is 4.79 Å². The number of hydrogen-bond acceptors (Lipinski definition) is 6. The van der Waals surface area contributed by atoms with Crippen molar-refractivity contribution in [1.82, 2.24) is 15.2 Å². The number of rotatable bonds is 8. The van der Waals surface area contributed by atoms with Crippen LogP contribution < -0.4 is 10.2 Å². The SMILES string of the molecule is C#CCCC1(CCNC(=O)CN2CCN(c3ccncc3)CC2)N=N1. The Labute approximate surface area is 148 Å². The highest BCUT2D eigenvalue weighted by atomic mass is 16.2. The fourth-order valence-corrected chi connectivity index (χ4v) is 3.05. The molecule has 25 heavy (non-hydrogen) atoms. The van der Waals surface area contributed by atoms with Gasteiger partial charge in [0.25, 0.3) is 0 Å². The monoisotopic (exact) mass is 340 g/mol. The first kappa shape index (κ1) is 17.4. The standard InChI is InChI=1S/C18H24N6O/c1-2-3-6-18(21-22-18)7-10-20-17(25)15-23-11-13-24(14-12-23)16-4-8-19-9-5-16/h1,4-5,8-9H,3,6-7,10-15H2,(H,20,25). The molecular formula is C18H24N6O. The summed E-state index contributed by atoms with van der Waals surface area (Å²) in [5.41, 5.74) is 0.865. The molecule has 0 radical (unpaired) electrons. The van der Waals surface area contributed by atoms with Gasteiger partial charge in [0.1, 0.15) is 0 Å². The van der Waals surface area contributed by atoms with Crippen LogP contribution in [0.1, 0.15) is 19.3 Å². The van der Waals surface area contributed by atoms with Crippen LogP contribution in [0.3, 0.4) is 0 Å². The Hall–Kier alpha value is -2.46. The maximum Gasteiger partial charge on any atom is 0.234 e. The molecule has 1 saturated heterocycles. The highest BCUT2D eigenvalue weighted by molar-refractivity contribution is 5.78. The second kappa shape index (κ2) is 8.08. The van der Waals surface area contributed by atoms with Crippen molar-refractivity contribution in [3.05, 3.63) is 24.5 Å². The van der Waals surface area contributed by atoms with Crippen molar-refractivity contribution in [2.24, 2.45) is 10.2 Å². The lowest BCUT2D eigenvalue weighted by Gasteiger charge is -2.35. The van der Waals surface area contributed by atoms with Crippen molar-refractivity contribution in [2.45, 2.75) is 24.9 Å². The average Bonchev–Trinajstić information content (AvgIpc) is 3.41. The summed E-state index contributed by atoms with van der Waals surface area (Å²) in [6.07, 6.45) is 11.1. The van der Waals surface area contributed by atoms with Crippen molar-refractivity contribution >= 4 is 11.6 Å². The van der Waals surface area contributed by atoms with Crippen molar-refractivity contribution in [1.29, 1.82) is 0 Å². The zero-order chi connectivity index (χ0) is 17.5. The van der Waals surface area contributed by atoms with Gasteiger partial charge in [0.2, 0.25) is 5.91 Å². The van der Waals surface area contributed by atoms with Crippen LogP contribution in [0.15, 0.2) is 34.8 Å². The van der Waals surface area contributed by atoms with E-state index in [1.54, 1.807) is 0 Å². The highest BCUT2D eigenvalue weighted by Gasteiger charge is 2.38. The number of nitrogens with one attached hydrogen (secondary N) is 1. The zero-order valence-electron chi connectivity index (χ0n) is 14.4.